The van der Waals surface area contributed by atoms with Crippen molar-refractivity contribution < 1.29 is 116 Å². The normalized spacial score (nSPS) is 0. The molecule has 10 heteroatoms. The monoisotopic (exact) mass is 504 g/mol. The molecule has 0 unspecified atom stereocenters. The molecule has 0 fully saturated rings. The van der Waals surface area contributed by atoms with Crippen LogP contribution in [0.5, 0.6) is 0 Å². The van der Waals surface area contributed by atoms with Crippen LogP contribution >= 0.6 is 0 Å². The van der Waals surface area contributed by atoms with E-state index < -0.39 is 0 Å². The predicted octanol–water partition coefficient (Wildman–Crippen LogP) is -24.7. The molecule has 0 aromatic heterocycles. The van der Waals surface area contributed by atoms with E-state index in [1.165, 1.54) is 0 Å². The predicted molar refractivity (Wildman–Crippen MR) is 11.5 cm³/mol. The third-order valence-corrected chi connectivity index (χ3v) is 0. The summed E-state index contributed by atoms with van der Waals surface area (Å²) < 4.78 is 0. The van der Waals surface area contributed by atoms with Crippen LogP contribution in [-0.2, 0) is 0 Å². The molecule has 0 saturated carbocycles. The molecule has 0 bridgehead atoms. The fraction of sp³-hybridized carbons (Fsp3) is 0. The van der Waals surface area contributed by atoms with Gasteiger partial charge >= 0.3 is 73.1 Å². The van der Waals surface area contributed by atoms with Crippen molar-refractivity contribution in [2.24, 2.45) is 0 Å². The minimum absolute atomic E-state index is 0. The van der Waals surface area contributed by atoms with Gasteiger partial charge in [0, 0.05) is 0 Å². The molecule has 0 rings (SSSR count). The maximum absolute atomic E-state index is 0. The van der Waals surface area contributed by atoms with Gasteiger partial charge < -0.3 is 86.8 Å². The van der Waals surface area contributed by atoms with Crippen molar-refractivity contribution >= 4 is 43.6 Å². The second kappa shape index (κ2) is 105. The zero-order valence-corrected chi connectivity index (χ0v) is 16.6. The van der Waals surface area contributed by atoms with E-state index in [0.717, 1.165) is 0 Å². The van der Waals surface area contributed by atoms with E-state index in [4.69, 9.17) is 0 Å². The Morgan fingerprint density at radius 3 is 0.400 bits per heavy atom. The van der Waals surface area contributed by atoms with Gasteiger partial charge in [-0.2, -0.15) is 0 Å². The van der Waals surface area contributed by atoms with E-state index >= 15 is 0 Å². The first-order valence-electron chi connectivity index (χ1n) is 0. The van der Waals surface area contributed by atoms with Crippen molar-refractivity contribution in [1.82, 2.24) is 0 Å². The van der Waals surface area contributed by atoms with Crippen molar-refractivity contribution in [1.29, 1.82) is 0 Å². The fourth-order valence-corrected chi connectivity index (χ4v) is 0. The van der Waals surface area contributed by atoms with Crippen LogP contribution in [0.25, 0.3) is 0 Å². The zero-order chi connectivity index (χ0) is 0. The summed E-state index contributed by atoms with van der Waals surface area (Å²) in [5.74, 6) is 0. The summed E-state index contributed by atoms with van der Waals surface area (Å²) in [4.78, 5) is 0. The molecule has 0 aliphatic carbocycles. The van der Waals surface area contributed by atoms with E-state index in [1.54, 1.807) is 0 Å². The molecular formula is AlBiCl7Na. The standard InChI is InChI=1S/Al.Bi.7ClH.Na/h;;7*1H;/q2*+3;;;;;;;;+1/p-7. The number of halogens is 7. The largest absolute Gasteiger partial charge is 3.00 e. The van der Waals surface area contributed by atoms with Crippen LogP contribution in [0.1, 0.15) is 0 Å². The molecule has 0 aliphatic heterocycles. The molecule has 0 heterocycles. The van der Waals surface area contributed by atoms with Gasteiger partial charge in [-0.1, -0.05) is 0 Å². The van der Waals surface area contributed by atoms with Gasteiger partial charge in [0.25, 0.3) is 0 Å². The topological polar surface area (TPSA) is 0 Å². The maximum atomic E-state index is 0. The average molecular weight is 507 g/mol. The summed E-state index contributed by atoms with van der Waals surface area (Å²) in [5, 5.41) is 0. The van der Waals surface area contributed by atoms with Crippen LogP contribution in [0.15, 0.2) is 0 Å². The third kappa shape index (κ3) is 82.5. The van der Waals surface area contributed by atoms with Crippen LogP contribution in [0.2, 0.25) is 0 Å². The van der Waals surface area contributed by atoms with Crippen LogP contribution in [0, 0.1) is 0 Å². The Balaban J connectivity index is 0. The van der Waals surface area contributed by atoms with Crippen molar-refractivity contribution in [2.75, 3.05) is 0 Å². The first-order valence-corrected chi connectivity index (χ1v) is 0. The second-order valence-electron chi connectivity index (χ2n) is 0. The van der Waals surface area contributed by atoms with Crippen molar-refractivity contribution in [3.8, 4) is 0 Å². The molecule has 58 valence electrons. The van der Waals surface area contributed by atoms with Gasteiger partial charge in [0.2, 0.25) is 0 Å². The van der Waals surface area contributed by atoms with Gasteiger partial charge in [-0.25, -0.2) is 0 Å². The molecule has 0 amide bonds. The Hall–Kier alpha value is 4.45. The van der Waals surface area contributed by atoms with Gasteiger partial charge in [-0.3, -0.25) is 0 Å². The van der Waals surface area contributed by atoms with E-state index in [2.05, 4.69) is 0 Å². The molecule has 2 radical (unpaired) electrons. The molecule has 0 nitrogen and oxygen atoms in total. The first kappa shape index (κ1) is 132. The molecule has 0 spiro atoms. The van der Waals surface area contributed by atoms with Crippen molar-refractivity contribution in [3.63, 3.8) is 0 Å². The minimum atomic E-state index is 0. The maximum Gasteiger partial charge on any atom is 3.00 e. The van der Waals surface area contributed by atoms with E-state index in [-0.39, 0.29) is 160 Å². The summed E-state index contributed by atoms with van der Waals surface area (Å²) in [6.07, 6.45) is 0. The quantitative estimate of drug-likeness (QED) is 0.286. The average Bonchev–Trinajstić information content (AvgIpc) is 0. The zero-order valence-electron chi connectivity index (χ0n) is 4.67. The van der Waals surface area contributed by atoms with Gasteiger partial charge in [0.05, 0.1) is 0 Å². The Morgan fingerprint density at radius 1 is 0.400 bits per heavy atom. The summed E-state index contributed by atoms with van der Waals surface area (Å²) in [6.45, 7) is 0. The molecule has 0 aromatic rings. The third-order valence-electron chi connectivity index (χ3n) is 0. The Morgan fingerprint density at radius 2 is 0.400 bits per heavy atom. The van der Waals surface area contributed by atoms with Crippen molar-refractivity contribution in [3.05, 3.63) is 0 Å². The van der Waals surface area contributed by atoms with Gasteiger partial charge in [-0.15, -0.1) is 0 Å². The van der Waals surface area contributed by atoms with E-state index in [9.17, 15) is 0 Å². The summed E-state index contributed by atoms with van der Waals surface area (Å²) >= 11 is 0. The van der Waals surface area contributed by atoms with E-state index in [1.807, 2.05) is 0 Å². The number of hydrogen-bond acceptors (Lipinski definition) is 0. The number of hydrogen-bond donors (Lipinski definition) is 0. The Bertz CT molecular complexity index is 13.6. The van der Waals surface area contributed by atoms with Crippen LogP contribution in [-0.4, -0.2) is 43.6 Å². The summed E-state index contributed by atoms with van der Waals surface area (Å²) in [6, 6.07) is 0. The Kier molecular flexibility index (Phi) is 1390. The van der Waals surface area contributed by atoms with Crippen LogP contribution < -0.4 is 116 Å². The van der Waals surface area contributed by atoms with Crippen LogP contribution in [0.4, 0.5) is 0 Å². The van der Waals surface area contributed by atoms with Gasteiger partial charge in [0.1, 0.15) is 0 Å². The first-order chi connectivity index (χ1) is 0. The molecule has 0 aromatic carbocycles. The minimum Gasteiger partial charge on any atom is -1.00 e. The summed E-state index contributed by atoms with van der Waals surface area (Å²) in [7, 11) is 0. The summed E-state index contributed by atoms with van der Waals surface area (Å²) in [5.41, 5.74) is 0. The van der Waals surface area contributed by atoms with Gasteiger partial charge in [0.15, 0.2) is 0 Å². The molecular weight excluding hydrogens is 507 g/mol. The smallest absolute Gasteiger partial charge is 1.00 e. The molecule has 10 heavy (non-hydrogen) atoms. The van der Waals surface area contributed by atoms with E-state index in [0.29, 0.717) is 0 Å². The van der Waals surface area contributed by atoms with Gasteiger partial charge in [-0.05, 0) is 0 Å². The van der Waals surface area contributed by atoms with Crippen LogP contribution in [0.3, 0.4) is 0 Å². The molecule has 0 atom stereocenters. The SMILES string of the molecule is [Al+3].[Bi+3].[Cl-].[Cl-].[Cl-].[Cl-].[Cl-].[Cl-].[Cl-].[Na+]. The van der Waals surface area contributed by atoms with Crippen molar-refractivity contribution in [2.45, 2.75) is 0 Å². The Labute approximate surface area is 157 Å². The fourth-order valence-electron chi connectivity index (χ4n) is 0. The number of rotatable bonds is 0. The second-order valence-corrected chi connectivity index (χ2v) is 0. The molecule has 0 aliphatic rings. The molecule has 0 saturated heterocycles. The molecule has 0 N–H and O–H groups in total.